The smallest absolute Gasteiger partial charge is 0.245 e. The molecule has 2 aliphatic rings. The lowest BCUT2D eigenvalue weighted by atomic mass is 9.85. The average molecular weight is 676 g/mol. The lowest BCUT2D eigenvalue weighted by Crippen LogP contribution is -2.72. The van der Waals surface area contributed by atoms with Crippen LogP contribution in [0.2, 0.25) is 0 Å². The Labute approximate surface area is 300 Å². The van der Waals surface area contributed by atoms with Crippen molar-refractivity contribution < 1.29 is 14.4 Å². The Balaban J connectivity index is 1.31. The molecule has 6 heteroatoms. The molecule has 1 aliphatic heterocycles. The molecule has 2 fully saturated rings. The SMILES string of the molecule is O=C1NC(Cc2ccc(-c3ccccc3)cc2)C(C(=O)NC2CCCCC2)N(C(=O)C(c2ccccc2)c2ccccc2)C1Cc1ccccc1. The van der Waals surface area contributed by atoms with Crippen LogP contribution in [0.25, 0.3) is 11.1 Å². The molecule has 258 valence electrons. The van der Waals surface area contributed by atoms with E-state index in [0.29, 0.717) is 12.8 Å². The number of carbonyl (C=O) groups excluding carboxylic acids is 3. The molecule has 0 bridgehead atoms. The third kappa shape index (κ3) is 7.96. The second-order valence-corrected chi connectivity index (χ2v) is 13.9. The molecular weight excluding hydrogens is 631 g/mol. The first-order valence-electron chi connectivity index (χ1n) is 18.3. The van der Waals surface area contributed by atoms with Crippen LogP contribution in [-0.4, -0.2) is 46.8 Å². The maximum absolute atomic E-state index is 15.4. The van der Waals surface area contributed by atoms with Crippen molar-refractivity contribution in [2.45, 2.75) is 75.0 Å². The third-order valence-corrected chi connectivity index (χ3v) is 10.4. The molecule has 5 aromatic carbocycles. The summed E-state index contributed by atoms with van der Waals surface area (Å²) in [4.78, 5) is 46.2. The van der Waals surface area contributed by atoms with Gasteiger partial charge in [0.2, 0.25) is 17.7 Å². The van der Waals surface area contributed by atoms with Crippen LogP contribution in [0.4, 0.5) is 0 Å². The molecule has 1 aliphatic carbocycles. The van der Waals surface area contributed by atoms with Gasteiger partial charge in [-0.15, -0.1) is 0 Å². The number of piperazine rings is 1. The fourth-order valence-corrected chi connectivity index (χ4v) is 7.83. The summed E-state index contributed by atoms with van der Waals surface area (Å²) in [6.45, 7) is 0. The van der Waals surface area contributed by atoms with Gasteiger partial charge in [0.05, 0.1) is 12.0 Å². The zero-order valence-corrected chi connectivity index (χ0v) is 28.9. The summed E-state index contributed by atoms with van der Waals surface area (Å²) in [6.07, 6.45) is 5.79. The summed E-state index contributed by atoms with van der Waals surface area (Å²) in [5, 5.41) is 6.61. The predicted octanol–water partition coefficient (Wildman–Crippen LogP) is 7.48. The normalized spacial score (nSPS) is 19.4. The molecule has 0 spiro atoms. The molecule has 2 N–H and O–H groups in total. The van der Waals surface area contributed by atoms with Crippen LogP contribution in [0.1, 0.15) is 60.3 Å². The van der Waals surface area contributed by atoms with E-state index in [0.717, 1.165) is 65.5 Å². The summed E-state index contributed by atoms with van der Waals surface area (Å²) in [7, 11) is 0. The van der Waals surface area contributed by atoms with Gasteiger partial charge in [0.1, 0.15) is 12.1 Å². The highest BCUT2D eigenvalue weighted by Crippen LogP contribution is 2.33. The van der Waals surface area contributed by atoms with E-state index in [1.165, 1.54) is 0 Å². The maximum atomic E-state index is 15.4. The Morgan fingerprint density at radius 3 is 1.73 bits per heavy atom. The van der Waals surface area contributed by atoms with Gasteiger partial charge in [-0.2, -0.15) is 0 Å². The van der Waals surface area contributed by atoms with Crippen molar-refractivity contribution in [2.24, 2.45) is 0 Å². The minimum absolute atomic E-state index is 0.0400. The van der Waals surface area contributed by atoms with Gasteiger partial charge in [0.15, 0.2) is 0 Å². The van der Waals surface area contributed by atoms with E-state index >= 15 is 4.79 Å². The fraction of sp³-hybridized carbons (Fsp3) is 0.267. The number of carbonyl (C=O) groups is 3. The molecule has 0 radical (unpaired) electrons. The highest BCUT2D eigenvalue weighted by atomic mass is 16.2. The maximum Gasteiger partial charge on any atom is 0.245 e. The number of nitrogens with zero attached hydrogens (tertiary/aromatic N) is 1. The Kier molecular flexibility index (Phi) is 10.7. The monoisotopic (exact) mass is 675 g/mol. The molecule has 3 amide bonds. The molecular formula is C45H45N3O3. The van der Waals surface area contributed by atoms with Crippen molar-refractivity contribution in [3.8, 4) is 11.1 Å². The fourth-order valence-electron chi connectivity index (χ4n) is 7.83. The molecule has 1 saturated heterocycles. The minimum atomic E-state index is -0.922. The summed E-state index contributed by atoms with van der Waals surface area (Å²) in [5.41, 5.74) is 5.75. The quantitative estimate of drug-likeness (QED) is 0.161. The Morgan fingerprint density at radius 2 is 1.14 bits per heavy atom. The van der Waals surface area contributed by atoms with Gasteiger partial charge in [0, 0.05) is 12.5 Å². The number of hydrogen-bond acceptors (Lipinski definition) is 3. The topological polar surface area (TPSA) is 78.5 Å². The zero-order valence-electron chi connectivity index (χ0n) is 28.9. The van der Waals surface area contributed by atoms with Gasteiger partial charge in [-0.05, 0) is 52.6 Å². The van der Waals surface area contributed by atoms with Crippen molar-refractivity contribution in [3.05, 3.63) is 168 Å². The summed E-state index contributed by atoms with van der Waals surface area (Å²) in [5.74, 6) is -1.41. The van der Waals surface area contributed by atoms with E-state index in [1.54, 1.807) is 4.90 Å². The van der Waals surface area contributed by atoms with E-state index in [9.17, 15) is 9.59 Å². The van der Waals surface area contributed by atoms with Gasteiger partial charge in [-0.1, -0.05) is 165 Å². The molecule has 1 heterocycles. The summed E-state index contributed by atoms with van der Waals surface area (Å²) < 4.78 is 0. The first-order valence-corrected chi connectivity index (χ1v) is 18.3. The van der Waals surface area contributed by atoms with Crippen LogP contribution in [0.3, 0.4) is 0 Å². The molecule has 1 saturated carbocycles. The Hall–Kier alpha value is -5.49. The number of hydrogen-bond donors (Lipinski definition) is 2. The first kappa shape index (κ1) is 34.0. The lowest BCUT2D eigenvalue weighted by molar-refractivity contribution is -0.155. The third-order valence-electron chi connectivity index (χ3n) is 10.4. The van der Waals surface area contributed by atoms with Crippen LogP contribution < -0.4 is 10.6 Å². The van der Waals surface area contributed by atoms with Crippen molar-refractivity contribution in [1.82, 2.24) is 15.5 Å². The Bertz CT molecular complexity index is 1850. The lowest BCUT2D eigenvalue weighted by Gasteiger charge is -2.47. The van der Waals surface area contributed by atoms with E-state index < -0.39 is 24.0 Å². The van der Waals surface area contributed by atoms with Crippen molar-refractivity contribution in [2.75, 3.05) is 0 Å². The van der Waals surface area contributed by atoms with Gasteiger partial charge in [-0.3, -0.25) is 14.4 Å². The van der Waals surface area contributed by atoms with E-state index in [-0.39, 0.29) is 23.8 Å². The number of nitrogens with one attached hydrogen (secondary N) is 2. The van der Waals surface area contributed by atoms with Gasteiger partial charge >= 0.3 is 0 Å². The largest absolute Gasteiger partial charge is 0.352 e. The number of rotatable bonds is 10. The number of amides is 3. The van der Waals surface area contributed by atoms with Gasteiger partial charge < -0.3 is 15.5 Å². The first-order chi connectivity index (χ1) is 25.0. The molecule has 6 nitrogen and oxygen atoms in total. The molecule has 7 rings (SSSR count). The molecule has 0 aromatic heterocycles. The second kappa shape index (κ2) is 16.0. The minimum Gasteiger partial charge on any atom is -0.352 e. The highest BCUT2D eigenvalue weighted by Gasteiger charge is 2.49. The predicted molar refractivity (Wildman–Crippen MR) is 202 cm³/mol. The second-order valence-electron chi connectivity index (χ2n) is 13.9. The van der Waals surface area contributed by atoms with Crippen LogP contribution in [-0.2, 0) is 27.2 Å². The van der Waals surface area contributed by atoms with E-state index in [2.05, 4.69) is 47.0 Å². The summed E-state index contributed by atoms with van der Waals surface area (Å²) in [6, 6.07) is 45.2. The van der Waals surface area contributed by atoms with E-state index in [4.69, 9.17) is 0 Å². The van der Waals surface area contributed by atoms with E-state index in [1.807, 2.05) is 109 Å². The van der Waals surface area contributed by atoms with Crippen molar-refractivity contribution >= 4 is 17.7 Å². The van der Waals surface area contributed by atoms with Crippen molar-refractivity contribution in [1.29, 1.82) is 0 Å². The van der Waals surface area contributed by atoms with Crippen molar-refractivity contribution in [3.63, 3.8) is 0 Å². The standard InChI is InChI=1S/C45H45N3O3/c49-43-40(31-32-16-6-1-7-17-32)48(45(51)41(36-20-10-3-11-21-36)37-22-12-4-13-23-37)42(44(50)46-38-24-14-5-15-25-38)39(47-43)30-33-26-28-35(29-27-33)34-18-8-2-9-19-34/h1-4,6-13,16-23,26-29,38-42H,5,14-15,24-25,30-31H2,(H,46,50)(H,47,49). The molecule has 51 heavy (non-hydrogen) atoms. The molecule has 5 aromatic rings. The summed E-state index contributed by atoms with van der Waals surface area (Å²) >= 11 is 0. The van der Waals surface area contributed by atoms with Gasteiger partial charge in [-0.25, -0.2) is 0 Å². The van der Waals surface area contributed by atoms with Gasteiger partial charge in [0.25, 0.3) is 0 Å². The number of benzene rings is 5. The van der Waals surface area contributed by atoms with Crippen LogP contribution >= 0.6 is 0 Å². The molecule has 3 atom stereocenters. The highest BCUT2D eigenvalue weighted by molar-refractivity contribution is 5.99. The zero-order chi connectivity index (χ0) is 35.0. The molecule has 3 unspecified atom stereocenters. The Morgan fingerprint density at radius 1 is 0.627 bits per heavy atom. The van der Waals surface area contributed by atoms with Crippen LogP contribution in [0, 0.1) is 0 Å². The van der Waals surface area contributed by atoms with Crippen LogP contribution in [0.5, 0.6) is 0 Å². The average Bonchev–Trinajstić information content (AvgIpc) is 3.18. The van der Waals surface area contributed by atoms with Crippen LogP contribution in [0.15, 0.2) is 146 Å².